The van der Waals surface area contributed by atoms with Gasteiger partial charge < -0.3 is 13.4 Å². The summed E-state index contributed by atoms with van der Waals surface area (Å²) in [5.74, 6) is 0. The number of hydrogen-bond donors (Lipinski definition) is 0. The SMILES string of the molecule is CCCCCCCCCCCC[N+](C)(C)CC[N+](C)(C)CC[N+](C)(C)CCCCCCCCCCCC. The van der Waals surface area contributed by atoms with Crippen LogP contribution in [0.4, 0.5) is 0 Å². The van der Waals surface area contributed by atoms with Gasteiger partial charge in [-0.2, -0.15) is 0 Å². The van der Waals surface area contributed by atoms with Gasteiger partial charge in [0.2, 0.25) is 0 Å². The molecule has 0 atom stereocenters. The second-order valence-electron chi connectivity index (χ2n) is 14.5. The molecule has 0 amide bonds. The molecule has 0 N–H and O–H groups in total. The molecule has 0 aromatic heterocycles. The van der Waals surface area contributed by atoms with Crippen LogP contribution < -0.4 is 0 Å². The highest BCUT2D eigenvalue weighted by molar-refractivity contribution is 4.50. The van der Waals surface area contributed by atoms with Crippen LogP contribution in [0.3, 0.4) is 0 Å². The van der Waals surface area contributed by atoms with E-state index in [9.17, 15) is 0 Å². The average molecular weight is 527 g/mol. The summed E-state index contributed by atoms with van der Waals surface area (Å²) in [6.45, 7) is 12.5. The van der Waals surface area contributed by atoms with Gasteiger partial charge >= 0.3 is 0 Å². The number of unbranched alkanes of at least 4 members (excludes halogenated alkanes) is 18. The van der Waals surface area contributed by atoms with Gasteiger partial charge in [0.15, 0.2) is 0 Å². The van der Waals surface area contributed by atoms with E-state index in [0.717, 1.165) is 0 Å². The molecular formula is C34H76N3+3. The summed E-state index contributed by atoms with van der Waals surface area (Å²) in [4.78, 5) is 0. The molecule has 37 heavy (non-hydrogen) atoms. The zero-order valence-corrected chi connectivity index (χ0v) is 27.7. The van der Waals surface area contributed by atoms with E-state index < -0.39 is 0 Å². The van der Waals surface area contributed by atoms with Crippen molar-refractivity contribution < 1.29 is 13.4 Å². The van der Waals surface area contributed by atoms with Crippen LogP contribution in [0, 0.1) is 0 Å². The summed E-state index contributed by atoms with van der Waals surface area (Å²) in [6, 6.07) is 0. The fraction of sp³-hybridized carbons (Fsp3) is 1.00. The van der Waals surface area contributed by atoms with Crippen molar-refractivity contribution in [2.24, 2.45) is 0 Å². The smallest absolute Gasteiger partial charge is 0.128 e. The van der Waals surface area contributed by atoms with Gasteiger partial charge in [-0.1, -0.05) is 117 Å². The van der Waals surface area contributed by atoms with Crippen molar-refractivity contribution >= 4 is 0 Å². The van der Waals surface area contributed by atoms with Crippen LogP contribution in [-0.4, -0.2) is 95.0 Å². The molecule has 0 saturated carbocycles. The minimum atomic E-state index is 1.17. The molecule has 0 bridgehead atoms. The Labute approximate surface area is 237 Å². The zero-order valence-electron chi connectivity index (χ0n) is 27.7. The molecule has 0 aromatic carbocycles. The Morgan fingerprint density at radius 2 is 0.432 bits per heavy atom. The van der Waals surface area contributed by atoms with Crippen LogP contribution >= 0.6 is 0 Å². The predicted molar refractivity (Wildman–Crippen MR) is 169 cm³/mol. The van der Waals surface area contributed by atoms with E-state index in [2.05, 4.69) is 56.1 Å². The Kier molecular flexibility index (Phi) is 22.6. The maximum atomic E-state index is 2.46. The Bertz CT molecular complexity index is 441. The van der Waals surface area contributed by atoms with Crippen molar-refractivity contribution in [3.8, 4) is 0 Å². The van der Waals surface area contributed by atoms with Crippen molar-refractivity contribution in [1.29, 1.82) is 0 Å². The first-order valence-corrected chi connectivity index (χ1v) is 17.0. The van der Waals surface area contributed by atoms with Crippen molar-refractivity contribution in [1.82, 2.24) is 0 Å². The maximum absolute atomic E-state index is 2.46. The summed E-state index contributed by atoms with van der Waals surface area (Å²) in [6.07, 6.45) is 28.7. The number of rotatable bonds is 28. The Morgan fingerprint density at radius 3 is 0.676 bits per heavy atom. The van der Waals surface area contributed by atoms with E-state index >= 15 is 0 Å². The standard InChI is InChI=1S/C34H76N3/c1-9-11-13-15-17-19-21-23-25-27-29-35(3,4)31-33-37(7,8)34-32-36(5,6)30-28-26-24-22-20-18-16-14-12-10-2/h9-34H2,1-8H3/q+3. The molecule has 0 saturated heterocycles. The number of nitrogens with zero attached hydrogens (tertiary/aromatic N) is 3. The van der Waals surface area contributed by atoms with Crippen LogP contribution in [-0.2, 0) is 0 Å². The Morgan fingerprint density at radius 1 is 0.243 bits per heavy atom. The highest BCUT2D eigenvalue weighted by Gasteiger charge is 2.26. The molecule has 0 aliphatic rings. The van der Waals surface area contributed by atoms with E-state index in [0.29, 0.717) is 0 Å². The van der Waals surface area contributed by atoms with Gasteiger partial charge in [-0.3, -0.25) is 0 Å². The van der Waals surface area contributed by atoms with Gasteiger partial charge in [-0.25, -0.2) is 0 Å². The predicted octanol–water partition coefficient (Wildman–Crippen LogP) is 9.06. The van der Waals surface area contributed by atoms with Crippen LogP contribution in [0.2, 0.25) is 0 Å². The van der Waals surface area contributed by atoms with E-state index in [1.807, 2.05) is 0 Å². The second kappa shape index (κ2) is 22.7. The van der Waals surface area contributed by atoms with Crippen LogP contribution in [0.5, 0.6) is 0 Å². The van der Waals surface area contributed by atoms with Crippen molar-refractivity contribution in [2.45, 2.75) is 142 Å². The molecule has 0 rings (SSSR count). The zero-order chi connectivity index (χ0) is 27.9. The average Bonchev–Trinajstić information content (AvgIpc) is 2.84. The maximum Gasteiger partial charge on any atom is 0.128 e. The van der Waals surface area contributed by atoms with Crippen LogP contribution in [0.15, 0.2) is 0 Å². The molecule has 0 radical (unpaired) electrons. The van der Waals surface area contributed by atoms with Crippen molar-refractivity contribution in [3.63, 3.8) is 0 Å². The highest BCUT2D eigenvalue weighted by atomic mass is 15.4. The third-order valence-corrected chi connectivity index (χ3v) is 8.86. The Balaban J connectivity index is 3.87. The number of likely N-dealkylation sites (N-methyl/N-ethyl adjacent to an activating group) is 3. The monoisotopic (exact) mass is 527 g/mol. The lowest BCUT2D eigenvalue weighted by molar-refractivity contribution is -0.967. The van der Waals surface area contributed by atoms with Gasteiger partial charge in [0.1, 0.15) is 26.2 Å². The van der Waals surface area contributed by atoms with Crippen molar-refractivity contribution in [3.05, 3.63) is 0 Å². The molecule has 3 nitrogen and oxygen atoms in total. The molecule has 0 aromatic rings. The van der Waals surface area contributed by atoms with Crippen LogP contribution in [0.1, 0.15) is 142 Å². The summed E-state index contributed by atoms with van der Waals surface area (Å²) in [7, 11) is 14.7. The minimum Gasteiger partial charge on any atom is -0.324 e. The first-order valence-electron chi connectivity index (χ1n) is 17.0. The van der Waals surface area contributed by atoms with Gasteiger partial charge in [-0.15, -0.1) is 0 Å². The molecule has 224 valence electrons. The largest absolute Gasteiger partial charge is 0.324 e. The summed E-state index contributed by atoms with van der Waals surface area (Å²) in [5.41, 5.74) is 0. The molecular weight excluding hydrogens is 450 g/mol. The van der Waals surface area contributed by atoms with Gasteiger partial charge in [0.25, 0.3) is 0 Å². The number of quaternary nitrogens is 3. The topological polar surface area (TPSA) is 0 Å². The van der Waals surface area contributed by atoms with E-state index in [1.165, 1.54) is 181 Å². The molecule has 0 fully saturated rings. The van der Waals surface area contributed by atoms with E-state index in [4.69, 9.17) is 0 Å². The van der Waals surface area contributed by atoms with Crippen molar-refractivity contribution in [2.75, 3.05) is 81.6 Å². The molecule has 0 spiro atoms. The van der Waals surface area contributed by atoms with Gasteiger partial charge in [0.05, 0.1) is 55.4 Å². The minimum absolute atomic E-state index is 1.17. The fourth-order valence-corrected chi connectivity index (χ4v) is 5.47. The van der Waals surface area contributed by atoms with Gasteiger partial charge in [0, 0.05) is 0 Å². The lowest BCUT2D eigenvalue weighted by atomic mass is 10.1. The highest BCUT2D eigenvalue weighted by Crippen LogP contribution is 2.14. The van der Waals surface area contributed by atoms with Crippen LogP contribution in [0.25, 0.3) is 0 Å². The molecule has 0 heterocycles. The summed E-state index contributed by atoms with van der Waals surface area (Å²) < 4.78 is 3.55. The second-order valence-corrected chi connectivity index (χ2v) is 14.5. The third kappa shape index (κ3) is 25.9. The normalized spacial score (nSPS) is 13.0. The molecule has 0 unspecified atom stereocenters. The number of hydrogen-bond acceptors (Lipinski definition) is 0. The fourth-order valence-electron chi connectivity index (χ4n) is 5.47. The van der Waals surface area contributed by atoms with Gasteiger partial charge in [-0.05, 0) is 25.7 Å². The first-order chi connectivity index (χ1) is 17.5. The molecule has 0 aliphatic heterocycles. The molecule has 0 aliphatic carbocycles. The summed E-state index contributed by atoms with van der Waals surface area (Å²) >= 11 is 0. The molecule has 3 heteroatoms. The van der Waals surface area contributed by atoms with E-state index in [-0.39, 0.29) is 0 Å². The quantitative estimate of drug-likeness (QED) is 0.0704. The Hall–Kier alpha value is -0.120. The first kappa shape index (κ1) is 36.9. The lowest BCUT2D eigenvalue weighted by Crippen LogP contribution is -2.55. The third-order valence-electron chi connectivity index (χ3n) is 8.86. The van der Waals surface area contributed by atoms with E-state index in [1.54, 1.807) is 0 Å². The summed E-state index contributed by atoms with van der Waals surface area (Å²) in [5, 5.41) is 0. The lowest BCUT2D eigenvalue weighted by Gasteiger charge is -2.38.